The van der Waals surface area contributed by atoms with Crippen molar-refractivity contribution in [1.29, 1.82) is 0 Å². The van der Waals surface area contributed by atoms with Crippen LogP contribution in [0.3, 0.4) is 0 Å². The zero-order chi connectivity index (χ0) is 13.1. The van der Waals surface area contributed by atoms with Gasteiger partial charge in [0.2, 0.25) is 0 Å². The second-order valence-electron chi connectivity index (χ2n) is 4.95. The summed E-state index contributed by atoms with van der Waals surface area (Å²) in [5.41, 5.74) is 1.71. The van der Waals surface area contributed by atoms with E-state index in [2.05, 4.69) is 22.1 Å². The van der Waals surface area contributed by atoms with Gasteiger partial charge in [0.1, 0.15) is 5.52 Å². The average Bonchev–Trinajstić information content (AvgIpc) is 2.81. The predicted molar refractivity (Wildman–Crippen MR) is 74.4 cm³/mol. The van der Waals surface area contributed by atoms with E-state index in [0.29, 0.717) is 12.1 Å². The Morgan fingerprint density at radius 1 is 1.32 bits per heavy atom. The number of nitrogens with one attached hydrogen (secondary N) is 1. The van der Waals surface area contributed by atoms with Crippen LogP contribution in [0.5, 0.6) is 0 Å². The van der Waals surface area contributed by atoms with Gasteiger partial charge in [0.25, 0.3) is 6.01 Å². The summed E-state index contributed by atoms with van der Waals surface area (Å²) in [7, 11) is 0. The molecule has 1 aromatic heterocycles. The highest BCUT2D eigenvalue weighted by molar-refractivity contribution is 5.74. The number of hydrogen-bond donors (Lipinski definition) is 1. The number of morpholine rings is 1. The van der Waals surface area contributed by atoms with E-state index in [-0.39, 0.29) is 0 Å². The van der Waals surface area contributed by atoms with Gasteiger partial charge in [-0.3, -0.25) is 4.90 Å². The highest BCUT2D eigenvalue weighted by atomic mass is 16.5. The number of oxazole rings is 1. The number of fused-ring (bicyclic) bond motifs is 1. The van der Waals surface area contributed by atoms with Crippen LogP contribution in [0, 0.1) is 0 Å². The Hall–Kier alpha value is -1.59. The average molecular weight is 261 g/mol. The lowest BCUT2D eigenvalue weighted by Gasteiger charge is -2.29. The highest BCUT2D eigenvalue weighted by Crippen LogP contribution is 2.18. The molecule has 0 spiro atoms. The number of para-hydroxylation sites is 2. The van der Waals surface area contributed by atoms with Crippen molar-refractivity contribution in [3.05, 3.63) is 24.3 Å². The molecule has 0 amide bonds. The lowest BCUT2D eigenvalue weighted by molar-refractivity contribution is 0.0367. The van der Waals surface area contributed by atoms with Gasteiger partial charge in [0.15, 0.2) is 5.58 Å². The Balaban J connectivity index is 1.60. The molecule has 1 fully saturated rings. The van der Waals surface area contributed by atoms with Crippen molar-refractivity contribution in [1.82, 2.24) is 9.88 Å². The first-order chi connectivity index (χ1) is 9.31. The van der Waals surface area contributed by atoms with E-state index in [1.165, 1.54) is 0 Å². The van der Waals surface area contributed by atoms with Gasteiger partial charge < -0.3 is 14.5 Å². The van der Waals surface area contributed by atoms with E-state index in [4.69, 9.17) is 9.15 Å². The van der Waals surface area contributed by atoms with E-state index in [0.717, 1.165) is 43.9 Å². The molecule has 1 saturated heterocycles. The molecule has 1 aromatic carbocycles. The molecule has 1 aliphatic rings. The molecule has 5 heteroatoms. The predicted octanol–water partition coefficient (Wildman–Crippen LogP) is 1.96. The maximum Gasteiger partial charge on any atom is 0.295 e. The fourth-order valence-corrected chi connectivity index (χ4v) is 2.36. The van der Waals surface area contributed by atoms with Crippen molar-refractivity contribution >= 4 is 17.1 Å². The van der Waals surface area contributed by atoms with Crippen LogP contribution in [-0.4, -0.2) is 48.8 Å². The van der Waals surface area contributed by atoms with Crippen molar-refractivity contribution in [2.24, 2.45) is 0 Å². The maximum absolute atomic E-state index is 5.66. The summed E-state index contributed by atoms with van der Waals surface area (Å²) in [6.45, 7) is 6.77. The molecule has 102 valence electrons. The first kappa shape index (κ1) is 12.4. The molecule has 1 unspecified atom stereocenters. The first-order valence-electron chi connectivity index (χ1n) is 6.73. The molecule has 2 heterocycles. The lowest BCUT2D eigenvalue weighted by Crippen LogP contribution is -2.42. The molecule has 1 atom stereocenters. The number of anilines is 1. The van der Waals surface area contributed by atoms with Crippen LogP contribution in [0.1, 0.15) is 6.92 Å². The highest BCUT2D eigenvalue weighted by Gasteiger charge is 2.15. The smallest absolute Gasteiger partial charge is 0.295 e. The molecular formula is C14H19N3O2. The van der Waals surface area contributed by atoms with Crippen LogP contribution in [0.2, 0.25) is 0 Å². The Morgan fingerprint density at radius 3 is 2.89 bits per heavy atom. The summed E-state index contributed by atoms with van der Waals surface area (Å²) in [6.07, 6.45) is 0. The fourth-order valence-electron chi connectivity index (χ4n) is 2.36. The van der Waals surface area contributed by atoms with E-state index >= 15 is 0 Å². The van der Waals surface area contributed by atoms with Crippen LogP contribution < -0.4 is 5.32 Å². The maximum atomic E-state index is 5.66. The lowest BCUT2D eigenvalue weighted by atomic mass is 10.3. The van der Waals surface area contributed by atoms with Crippen LogP contribution in [0.15, 0.2) is 28.7 Å². The largest absolute Gasteiger partial charge is 0.424 e. The number of benzene rings is 1. The third kappa shape index (κ3) is 3.05. The van der Waals surface area contributed by atoms with Crippen molar-refractivity contribution in [2.75, 3.05) is 38.2 Å². The van der Waals surface area contributed by atoms with Crippen LogP contribution in [-0.2, 0) is 4.74 Å². The van der Waals surface area contributed by atoms with Gasteiger partial charge in [-0.15, -0.1) is 0 Å². The summed E-state index contributed by atoms with van der Waals surface area (Å²) in [5, 5.41) is 3.32. The van der Waals surface area contributed by atoms with Gasteiger partial charge in [-0.2, -0.15) is 4.98 Å². The second kappa shape index (κ2) is 5.59. The van der Waals surface area contributed by atoms with Crippen LogP contribution in [0.25, 0.3) is 11.1 Å². The number of aromatic nitrogens is 1. The van der Waals surface area contributed by atoms with Gasteiger partial charge in [-0.1, -0.05) is 12.1 Å². The monoisotopic (exact) mass is 261 g/mol. The minimum Gasteiger partial charge on any atom is -0.424 e. The SMILES string of the molecule is CC(CN1CCOCC1)Nc1nc2ccccc2o1. The molecule has 1 aliphatic heterocycles. The minimum absolute atomic E-state index is 0.297. The van der Waals surface area contributed by atoms with Crippen molar-refractivity contribution in [2.45, 2.75) is 13.0 Å². The second-order valence-corrected chi connectivity index (χ2v) is 4.95. The quantitative estimate of drug-likeness (QED) is 0.911. The van der Waals surface area contributed by atoms with Gasteiger partial charge in [0.05, 0.1) is 13.2 Å². The number of nitrogens with zero attached hydrogens (tertiary/aromatic N) is 2. The van der Waals surface area contributed by atoms with Crippen molar-refractivity contribution < 1.29 is 9.15 Å². The molecule has 3 rings (SSSR count). The van der Waals surface area contributed by atoms with Crippen LogP contribution in [0.4, 0.5) is 6.01 Å². The van der Waals surface area contributed by atoms with Gasteiger partial charge >= 0.3 is 0 Å². The molecule has 0 aliphatic carbocycles. The molecule has 0 bridgehead atoms. The standard InChI is InChI=1S/C14H19N3O2/c1-11(10-17-6-8-18-9-7-17)15-14-16-12-4-2-3-5-13(12)19-14/h2-5,11H,6-10H2,1H3,(H,15,16). The van der Waals surface area contributed by atoms with Gasteiger partial charge in [0, 0.05) is 25.7 Å². The Kier molecular flexibility index (Phi) is 3.66. The number of ether oxygens (including phenoxy) is 1. The summed E-state index contributed by atoms with van der Waals surface area (Å²) in [4.78, 5) is 6.82. The zero-order valence-electron chi connectivity index (χ0n) is 11.1. The molecule has 1 N–H and O–H groups in total. The molecule has 0 radical (unpaired) electrons. The Morgan fingerprint density at radius 2 is 2.11 bits per heavy atom. The Labute approximate surface area is 112 Å². The third-order valence-corrected chi connectivity index (χ3v) is 3.30. The summed E-state index contributed by atoms with van der Waals surface area (Å²) < 4.78 is 11.0. The third-order valence-electron chi connectivity index (χ3n) is 3.30. The summed E-state index contributed by atoms with van der Waals surface area (Å²) in [6, 6.07) is 8.70. The van der Waals surface area contributed by atoms with E-state index < -0.39 is 0 Å². The van der Waals surface area contributed by atoms with E-state index in [1.807, 2.05) is 24.3 Å². The molecule has 0 saturated carbocycles. The molecule has 19 heavy (non-hydrogen) atoms. The topological polar surface area (TPSA) is 50.5 Å². The van der Waals surface area contributed by atoms with E-state index in [9.17, 15) is 0 Å². The molecule has 5 nitrogen and oxygen atoms in total. The molecule has 2 aromatic rings. The van der Waals surface area contributed by atoms with Crippen molar-refractivity contribution in [3.63, 3.8) is 0 Å². The van der Waals surface area contributed by atoms with Gasteiger partial charge in [-0.25, -0.2) is 0 Å². The van der Waals surface area contributed by atoms with Crippen molar-refractivity contribution in [3.8, 4) is 0 Å². The zero-order valence-corrected chi connectivity index (χ0v) is 11.1. The Bertz CT molecular complexity index is 501. The van der Waals surface area contributed by atoms with Gasteiger partial charge in [-0.05, 0) is 19.1 Å². The molecular weight excluding hydrogens is 242 g/mol. The van der Waals surface area contributed by atoms with E-state index in [1.54, 1.807) is 0 Å². The minimum atomic E-state index is 0.297. The number of hydrogen-bond acceptors (Lipinski definition) is 5. The normalized spacial score (nSPS) is 18.6. The fraction of sp³-hybridized carbons (Fsp3) is 0.500. The summed E-state index contributed by atoms with van der Waals surface area (Å²) >= 11 is 0. The first-order valence-corrected chi connectivity index (χ1v) is 6.73. The number of rotatable bonds is 4. The van der Waals surface area contributed by atoms with Crippen LogP contribution >= 0.6 is 0 Å². The summed E-state index contributed by atoms with van der Waals surface area (Å²) in [5.74, 6) is 0.